The highest BCUT2D eigenvalue weighted by Gasteiger charge is 2.08. The van der Waals surface area contributed by atoms with Crippen LogP contribution in [0.2, 0.25) is 0 Å². The molecule has 2 N–H and O–H groups in total. The van der Waals surface area contributed by atoms with Gasteiger partial charge in [0.1, 0.15) is 12.1 Å². The Morgan fingerprint density at radius 1 is 0.917 bits per heavy atom. The molecule has 0 saturated carbocycles. The van der Waals surface area contributed by atoms with Crippen molar-refractivity contribution >= 4 is 23.1 Å². The number of carbonyl (C=O) groups is 1. The van der Waals surface area contributed by atoms with Crippen molar-refractivity contribution in [1.82, 2.24) is 9.97 Å². The first kappa shape index (κ1) is 15.7. The molecule has 3 aromatic rings. The van der Waals surface area contributed by atoms with Gasteiger partial charge in [-0.1, -0.05) is 24.3 Å². The molecule has 3 rings (SSSR count). The third kappa shape index (κ3) is 3.76. The van der Waals surface area contributed by atoms with Crippen molar-refractivity contribution < 1.29 is 4.79 Å². The first-order chi connectivity index (χ1) is 11.6. The molecule has 0 bridgehead atoms. The molecule has 1 aromatic heterocycles. The molecular weight excluding hydrogens is 300 g/mol. The molecule has 0 aliphatic rings. The maximum Gasteiger partial charge on any atom is 0.255 e. The summed E-state index contributed by atoms with van der Waals surface area (Å²) in [4.78, 5) is 20.6. The number of benzene rings is 2. The summed E-state index contributed by atoms with van der Waals surface area (Å²) in [5, 5.41) is 6.13. The minimum absolute atomic E-state index is 0.122. The van der Waals surface area contributed by atoms with Crippen molar-refractivity contribution in [2.75, 3.05) is 10.6 Å². The molecule has 0 atom stereocenters. The lowest BCUT2D eigenvalue weighted by Gasteiger charge is -2.10. The van der Waals surface area contributed by atoms with Crippen molar-refractivity contribution in [1.29, 1.82) is 0 Å². The molecular formula is C19H18N4O. The van der Waals surface area contributed by atoms with E-state index >= 15 is 0 Å². The molecule has 0 unspecified atom stereocenters. The summed E-state index contributed by atoms with van der Waals surface area (Å²) in [6.45, 7) is 3.83. The molecule has 0 aliphatic heterocycles. The summed E-state index contributed by atoms with van der Waals surface area (Å²) in [5.74, 6) is 0.591. The van der Waals surface area contributed by atoms with E-state index in [9.17, 15) is 4.79 Å². The topological polar surface area (TPSA) is 66.9 Å². The average Bonchev–Trinajstić information content (AvgIpc) is 2.55. The van der Waals surface area contributed by atoms with Crippen LogP contribution in [0.1, 0.15) is 21.6 Å². The van der Waals surface area contributed by atoms with Crippen LogP contribution in [-0.4, -0.2) is 15.9 Å². The van der Waals surface area contributed by atoms with E-state index < -0.39 is 0 Å². The molecule has 0 saturated heterocycles. The van der Waals surface area contributed by atoms with E-state index in [-0.39, 0.29) is 5.91 Å². The number of nitrogens with zero attached hydrogens (tertiary/aromatic N) is 2. The molecule has 120 valence electrons. The minimum atomic E-state index is -0.122. The predicted molar refractivity (Wildman–Crippen MR) is 95.6 cm³/mol. The Kier molecular flexibility index (Phi) is 4.52. The van der Waals surface area contributed by atoms with Crippen LogP contribution in [0.4, 0.5) is 17.2 Å². The van der Waals surface area contributed by atoms with Crippen LogP contribution in [0.5, 0.6) is 0 Å². The largest absolute Gasteiger partial charge is 0.340 e. The van der Waals surface area contributed by atoms with Crippen molar-refractivity contribution in [3.8, 4) is 0 Å². The van der Waals surface area contributed by atoms with E-state index in [2.05, 4.69) is 20.6 Å². The van der Waals surface area contributed by atoms with Crippen molar-refractivity contribution in [2.24, 2.45) is 0 Å². The first-order valence-corrected chi connectivity index (χ1v) is 7.64. The first-order valence-electron chi connectivity index (χ1n) is 7.64. The zero-order valence-corrected chi connectivity index (χ0v) is 13.6. The molecule has 5 nitrogen and oxygen atoms in total. The summed E-state index contributed by atoms with van der Waals surface area (Å²) in [6.07, 6.45) is 1.52. The zero-order valence-electron chi connectivity index (χ0n) is 13.6. The maximum atomic E-state index is 12.4. The monoisotopic (exact) mass is 318 g/mol. The van der Waals surface area contributed by atoms with Gasteiger partial charge in [-0.2, -0.15) is 0 Å². The Balaban J connectivity index is 1.76. The summed E-state index contributed by atoms with van der Waals surface area (Å²) >= 11 is 0. The fraction of sp³-hybridized carbons (Fsp3) is 0.105. The van der Waals surface area contributed by atoms with Gasteiger partial charge in [0.05, 0.1) is 0 Å². The summed E-state index contributed by atoms with van der Waals surface area (Å²) in [5.41, 5.74) is 4.06. The molecule has 1 amide bonds. The summed E-state index contributed by atoms with van der Waals surface area (Å²) in [6, 6.07) is 16.9. The quantitative estimate of drug-likeness (QED) is 0.760. The molecule has 0 radical (unpaired) electrons. The number of nitrogens with one attached hydrogen (secondary N) is 2. The number of hydrogen-bond acceptors (Lipinski definition) is 4. The van der Waals surface area contributed by atoms with Crippen molar-refractivity contribution in [3.05, 3.63) is 77.7 Å². The second-order valence-electron chi connectivity index (χ2n) is 5.52. The molecule has 24 heavy (non-hydrogen) atoms. The molecule has 5 heteroatoms. The van der Waals surface area contributed by atoms with E-state index in [1.165, 1.54) is 6.33 Å². The zero-order chi connectivity index (χ0) is 16.9. The number of aromatic nitrogens is 2. The number of hydrogen-bond donors (Lipinski definition) is 2. The van der Waals surface area contributed by atoms with Gasteiger partial charge in [-0.3, -0.25) is 4.79 Å². The lowest BCUT2D eigenvalue weighted by molar-refractivity contribution is 0.102. The van der Waals surface area contributed by atoms with E-state index in [1.54, 1.807) is 0 Å². The highest BCUT2D eigenvalue weighted by Crippen LogP contribution is 2.20. The fourth-order valence-corrected chi connectivity index (χ4v) is 2.37. The second kappa shape index (κ2) is 6.91. The highest BCUT2D eigenvalue weighted by molar-refractivity contribution is 6.05. The van der Waals surface area contributed by atoms with Crippen LogP contribution in [-0.2, 0) is 0 Å². The van der Waals surface area contributed by atoms with Crippen LogP contribution in [0, 0.1) is 13.8 Å². The van der Waals surface area contributed by atoms with Crippen LogP contribution in [0.3, 0.4) is 0 Å². The van der Waals surface area contributed by atoms with E-state index in [4.69, 9.17) is 0 Å². The molecule has 0 spiro atoms. The van der Waals surface area contributed by atoms with Gasteiger partial charge in [-0.25, -0.2) is 9.97 Å². The smallest absolute Gasteiger partial charge is 0.255 e. The predicted octanol–water partition coefficient (Wildman–Crippen LogP) is 4.09. The van der Waals surface area contributed by atoms with Crippen molar-refractivity contribution in [2.45, 2.75) is 13.8 Å². The Morgan fingerprint density at radius 3 is 2.50 bits per heavy atom. The van der Waals surface area contributed by atoms with Crippen LogP contribution < -0.4 is 10.6 Å². The van der Waals surface area contributed by atoms with Gasteiger partial charge >= 0.3 is 0 Å². The van der Waals surface area contributed by atoms with E-state index in [1.807, 2.05) is 68.4 Å². The minimum Gasteiger partial charge on any atom is -0.340 e. The number of carbonyl (C=O) groups excluding carboxylic acids is 1. The average molecular weight is 318 g/mol. The number of aryl methyl sites for hydroxylation is 2. The third-order valence-electron chi connectivity index (χ3n) is 3.59. The Morgan fingerprint density at radius 2 is 1.71 bits per heavy atom. The lowest BCUT2D eigenvalue weighted by Crippen LogP contribution is -2.13. The number of amides is 1. The van der Waals surface area contributed by atoms with E-state index in [0.717, 1.165) is 22.6 Å². The second-order valence-corrected chi connectivity index (χ2v) is 5.52. The van der Waals surface area contributed by atoms with Crippen LogP contribution in [0.25, 0.3) is 0 Å². The normalized spacial score (nSPS) is 10.2. The van der Waals surface area contributed by atoms with E-state index in [0.29, 0.717) is 11.4 Å². The SMILES string of the molecule is Cc1cc(Nc2cccc(NC(=O)c3ccccc3C)c2)ncn1. The lowest BCUT2D eigenvalue weighted by atomic mass is 10.1. The molecule has 0 fully saturated rings. The molecule has 0 aliphatic carbocycles. The van der Waals surface area contributed by atoms with Crippen LogP contribution >= 0.6 is 0 Å². The molecule has 2 aromatic carbocycles. The fourth-order valence-electron chi connectivity index (χ4n) is 2.37. The summed E-state index contributed by atoms with van der Waals surface area (Å²) in [7, 11) is 0. The van der Waals surface area contributed by atoms with Gasteiger partial charge in [-0.15, -0.1) is 0 Å². The Labute approximate surface area is 140 Å². The van der Waals surface area contributed by atoms with Gasteiger partial charge in [0.2, 0.25) is 0 Å². The maximum absolute atomic E-state index is 12.4. The van der Waals surface area contributed by atoms with Gasteiger partial charge < -0.3 is 10.6 Å². The molecule has 1 heterocycles. The highest BCUT2D eigenvalue weighted by atomic mass is 16.1. The Bertz CT molecular complexity index is 877. The Hall–Kier alpha value is -3.21. The van der Waals surface area contributed by atoms with Gasteiger partial charge in [0.15, 0.2) is 0 Å². The van der Waals surface area contributed by atoms with Crippen molar-refractivity contribution in [3.63, 3.8) is 0 Å². The van der Waals surface area contributed by atoms with Gasteiger partial charge in [-0.05, 0) is 43.7 Å². The van der Waals surface area contributed by atoms with Gasteiger partial charge in [0.25, 0.3) is 5.91 Å². The number of anilines is 3. The summed E-state index contributed by atoms with van der Waals surface area (Å²) < 4.78 is 0. The van der Waals surface area contributed by atoms with Crippen LogP contribution in [0.15, 0.2) is 60.9 Å². The number of rotatable bonds is 4. The third-order valence-corrected chi connectivity index (χ3v) is 3.59. The van der Waals surface area contributed by atoms with Gasteiger partial charge in [0, 0.05) is 28.7 Å². The standard InChI is InChI=1S/C19H18N4O/c1-13-6-3-4-9-17(13)19(24)23-16-8-5-7-15(11-16)22-18-10-14(2)20-12-21-18/h3-12H,1-2H3,(H,23,24)(H,20,21,22).